The number of anilines is 3. The van der Waals surface area contributed by atoms with Crippen LogP contribution in [-0.4, -0.2) is 4.57 Å². The Labute approximate surface area is 320 Å². The van der Waals surface area contributed by atoms with Crippen LogP contribution in [0.5, 0.6) is 0 Å². The molecule has 3 heteroatoms. The summed E-state index contributed by atoms with van der Waals surface area (Å²) in [6, 6.07) is 64.1. The van der Waals surface area contributed by atoms with E-state index in [4.69, 9.17) is 4.42 Å². The number of fused-ring (bicyclic) bond motifs is 8. The lowest BCUT2D eigenvalue weighted by Crippen LogP contribution is -2.11. The second kappa shape index (κ2) is 13.1. The van der Waals surface area contributed by atoms with E-state index in [1.807, 2.05) is 0 Å². The number of hydrogen-bond donors (Lipinski definition) is 0. The maximum Gasteiger partial charge on any atom is 0.143 e. The van der Waals surface area contributed by atoms with Crippen LogP contribution in [0.25, 0.3) is 71.3 Å². The van der Waals surface area contributed by atoms with Crippen LogP contribution in [-0.2, 0) is 0 Å². The van der Waals surface area contributed by atoms with Crippen molar-refractivity contribution in [1.82, 2.24) is 4.57 Å². The predicted octanol–water partition coefficient (Wildman–Crippen LogP) is 15.0. The molecule has 1 aliphatic rings. The van der Waals surface area contributed by atoms with E-state index in [1.54, 1.807) is 0 Å². The van der Waals surface area contributed by atoms with Gasteiger partial charge in [-0.15, -0.1) is 0 Å². The third kappa shape index (κ3) is 5.26. The van der Waals surface area contributed by atoms with Crippen LogP contribution in [0.2, 0.25) is 0 Å². The Morgan fingerprint density at radius 1 is 0.473 bits per heavy atom. The number of benzene rings is 8. The van der Waals surface area contributed by atoms with Gasteiger partial charge in [0.15, 0.2) is 0 Å². The van der Waals surface area contributed by atoms with Crippen LogP contribution < -0.4 is 4.90 Å². The van der Waals surface area contributed by atoms with E-state index in [-0.39, 0.29) is 0 Å². The van der Waals surface area contributed by atoms with Crippen molar-refractivity contribution in [3.05, 3.63) is 181 Å². The second-order valence-corrected chi connectivity index (χ2v) is 15.1. The minimum Gasteiger partial charge on any atom is -0.455 e. The fraction of sp³-hybridized carbons (Fsp3) is 0.115. The fourth-order valence-electron chi connectivity index (χ4n) is 9.41. The highest BCUT2D eigenvalue weighted by Crippen LogP contribution is 2.48. The summed E-state index contributed by atoms with van der Waals surface area (Å²) in [7, 11) is 0. The van der Waals surface area contributed by atoms with Crippen LogP contribution >= 0.6 is 0 Å². The number of para-hydroxylation sites is 2. The molecule has 0 aliphatic heterocycles. The molecule has 0 bridgehead atoms. The normalized spacial score (nSPS) is 13.7. The molecule has 3 nitrogen and oxygen atoms in total. The molecule has 0 amide bonds. The minimum absolute atomic E-state index is 0.553. The zero-order chi connectivity index (χ0) is 36.3. The summed E-state index contributed by atoms with van der Waals surface area (Å²) in [5.41, 5.74) is 12.7. The summed E-state index contributed by atoms with van der Waals surface area (Å²) < 4.78 is 9.25. The molecule has 2 heterocycles. The number of nitrogens with zero attached hydrogens (tertiary/aromatic N) is 2. The van der Waals surface area contributed by atoms with Crippen LogP contribution in [0.1, 0.15) is 43.6 Å². The highest BCUT2D eigenvalue weighted by atomic mass is 16.3. The van der Waals surface area contributed by atoms with Crippen LogP contribution in [0, 0.1) is 0 Å². The van der Waals surface area contributed by atoms with Gasteiger partial charge in [0, 0.05) is 49.4 Å². The Kier molecular flexibility index (Phi) is 7.58. The van der Waals surface area contributed by atoms with Crippen LogP contribution in [0.4, 0.5) is 17.1 Å². The molecule has 0 spiro atoms. The Morgan fingerprint density at radius 3 is 1.93 bits per heavy atom. The average molecular weight is 709 g/mol. The molecule has 0 atom stereocenters. The molecule has 2 aromatic heterocycles. The molecule has 10 aromatic rings. The predicted molar refractivity (Wildman–Crippen MR) is 232 cm³/mol. The second-order valence-electron chi connectivity index (χ2n) is 15.1. The van der Waals surface area contributed by atoms with Crippen molar-refractivity contribution in [2.75, 3.05) is 4.90 Å². The average Bonchev–Trinajstić information content (AvgIpc) is 3.81. The van der Waals surface area contributed by atoms with Gasteiger partial charge in [-0.25, -0.2) is 0 Å². The highest BCUT2D eigenvalue weighted by Gasteiger charge is 2.25. The van der Waals surface area contributed by atoms with Crippen molar-refractivity contribution in [3.63, 3.8) is 0 Å². The number of aromatic nitrogens is 1. The van der Waals surface area contributed by atoms with E-state index in [1.165, 1.54) is 81.4 Å². The lowest BCUT2D eigenvalue weighted by atomic mass is 9.82. The van der Waals surface area contributed by atoms with Crippen molar-refractivity contribution in [2.45, 2.75) is 38.0 Å². The highest BCUT2D eigenvalue weighted by molar-refractivity contribution is 6.20. The van der Waals surface area contributed by atoms with Crippen molar-refractivity contribution in [1.29, 1.82) is 0 Å². The molecule has 1 aliphatic carbocycles. The number of rotatable bonds is 6. The van der Waals surface area contributed by atoms with Gasteiger partial charge >= 0.3 is 0 Å². The molecule has 8 aromatic carbocycles. The van der Waals surface area contributed by atoms with E-state index < -0.39 is 0 Å². The number of furan rings is 1. The topological polar surface area (TPSA) is 21.3 Å². The molecule has 0 N–H and O–H groups in total. The van der Waals surface area contributed by atoms with Crippen molar-refractivity contribution in [2.24, 2.45) is 0 Å². The van der Waals surface area contributed by atoms with E-state index in [0.717, 1.165) is 44.7 Å². The molecule has 264 valence electrons. The van der Waals surface area contributed by atoms with Gasteiger partial charge in [0.25, 0.3) is 0 Å². The van der Waals surface area contributed by atoms with Crippen molar-refractivity contribution in [3.8, 4) is 16.8 Å². The largest absolute Gasteiger partial charge is 0.455 e. The van der Waals surface area contributed by atoms with E-state index in [9.17, 15) is 0 Å². The lowest BCUT2D eigenvalue weighted by Gasteiger charge is -2.28. The molecule has 55 heavy (non-hydrogen) atoms. The van der Waals surface area contributed by atoms with E-state index in [2.05, 4.69) is 185 Å². The molecule has 0 unspecified atom stereocenters. The number of hydrogen-bond acceptors (Lipinski definition) is 2. The Morgan fingerprint density at radius 2 is 1.13 bits per heavy atom. The van der Waals surface area contributed by atoms with Gasteiger partial charge in [-0.1, -0.05) is 141 Å². The first-order valence-corrected chi connectivity index (χ1v) is 19.7. The van der Waals surface area contributed by atoms with Crippen LogP contribution in [0.15, 0.2) is 180 Å². The van der Waals surface area contributed by atoms with Gasteiger partial charge in [0.1, 0.15) is 11.2 Å². The lowest BCUT2D eigenvalue weighted by molar-refractivity contribution is 0.445. The Hall–Kier alpha value is -6.58. The van der Waals surface area contributed by atoms with Gasteiger partial charge < -0.3 is 13.9 Å². The molecular weight excluding hydrogens is 669 g/mol. The minimum atomic E-state index is 0.553. The summed E-state index contributed by atoms with van der Waals surface area (Å²) in [5, 5.41) is 7.24. The van der Waals surface area contributed by atoms with E-state index >= 15 is 0 Å². The Balaban J connectivity index is 1.20. The van der Waals surface area contributed by atoms with Crippen molar-refractivity contribution >= 4 is 71.6 Å². The van der Waals surface area contributed by atoms with E-state index in [0.29, 0.717) is 5.92 Å². The molecule has 0 radical (unpaired) electrons. The maximum atomic E-state index is 6.84. The molecule has 11 rings (SSSR count). The smallest absolute Gasteiger partial charge is 0.143 e. The Bertz CT molecular complexity index is 3000. The summed E-state index contributed by atoms with van der Waals surface area (Å²) in [4.78, 5) is 2.46. The van der Waals surface area contributed by atoms with Gasteiger partial charge in [0.05, 0.1) is 16.7 Å². The quantitative estimate of drug-likeness (QED) is 0.171. The molecule has 1 fully saturated rings. The van der Waals surface area contributed by atoms with Gasteiger partial charge in [-0.05, 0) is 90.0 Å². The summed E-state index contributed by atoms with van der Waals surface area (Å²) in [6.07, 6.45) is 6.39. The van der Waals surface area contributed by atoms with Crippen molar-refractivity contribution < 1.29 is 4.42 Å². The monoisotopic (exact) mass is 708 g/mol. The SMILES string of the molecule is c1ccc(-c2ccc(N(c3ccc4c5ccccc5n(-c5ccccc5)c4c3)c3cc4c(oc5cccc(C6CCCCC6)c54)c4ccccc34)cc2)cc1. The standard InChI is InChI=1S/C52H40N2O/c1-4-15-35(16-5-1)36-27-29-39(30-28-36)53(40-31-32-44-42-21-12-13-25-47(42)54(48(44)33-40)38-19-8-3-9-20-38)49-34-46-51-41(37-17-6-2-7-18-37)24-14-26-50(51)55-52(46)45-23-11-10-22-43(45)49/h1,3-5,8-16,19-34,37H,2,6-7,17-18H2. The first kappa shape index (κ1) is 31.9. The molecular formula is C52H40N2O. The van der Waals surface area contributed by atoms with Gasteiger partial charge in [-0.3, -0.25) is 0 Å². The third-order valence-corrected chi connectivity index (χ3v) is 12.0. The van der Waals surface area contributed by atoms with Crippen LogP contribution in [0.3, 0.4) is 0 Å². The van der Waals surface area contributed by atoms with Gasteiger partial charge in [0.2, 0.25) is 0 Å². The van der Waals surface area contributed by atoms with Gasteiger partial charge in [-0.2, -0.15) is 0 Å². The maximum absolute atomic E-state index is 6.84. The summed E-state index contributed by atoms with van der Waals surface area (Å²) in [5.74, 6) is 0.553. The molecule has 0 saturated heterocycles. The third-order valence-electron chi connectivity index (χ3n) is 12.0. The summed E-state index contributed by atoms with van der Waals surface area (Å²) >= 11 is 0. The fourth-order valence-corrected chi connectivity index (χ4v) is 9.41. The molecule has 1 saturated carbocycles. The first-order valence-electron chi connectivity index (χ1n) is 19.7. The first-order chi connectivity index (χ1) is 27.3. The zero-order valence-electron chi connectivity index (χ0n) is 30.7. The summed E-state index contributed by atoms with van der Waals surface area (Å²) in [6.45, 7) is 0. The zero-order valence-corrected chi connectivity index (χ0v) is 30.7.